The van der Waals surface area contributed by atoms with Crippen molar-refractivity contribution in [3.05, 3.63) is 43.3 Å². The van der Waals surface area contributed by atoms with Gasteiger partial charge in [-0.3, -0.25) is 0 Å². The summed E-state index contributed by atoms with van der Waals surface area (Å²) >= 11 is 12.5. The molecule has 0 nitrogen and oxygen atoms in total. The molecule has 0 amide bonds. The van der Waals surface area contributed by atoms with Crippen LogP contribution in [0.25, 0.3) is 20.2 Å². The molecule has 0 saturated heterocycles. The first-order valence-corrected chi connectivity index (χ1v) is 9.04. The molecule has 0 fully saturated rings. The highest BCUT2D eigenvalue weighted by molar-refractivity contribution is 9.13. The van der Waals surface area contributed by atoms with E-state index in [9.17, 15) is 0 Å². The number of rotatable bonds is 2. The summed E-state index contributed by atoms with van der Waals surface area (Å²) in [7, 11) is 0. The minimum Gasteiger partial charge on any atom is -0.144 e. The van der Waals surface area contributed by atoms with Gasteiger partial charge in [0.15, 0.2) is 0 Å². The Balaban J connectivity index is 2.17. The molecular formula is C12H6Br2S3. The van der Waals surface area contributed by atoms with Crippen molar-refractivity contribution in [3.63, 3.8) is 0 Å². The molecule has 3 rings (SSSR count). The van der Waals surface area contributed by atoms with Crippen molar-refractivity contribution in [2.45, 2.75) is 0 Å². The first-order chi connectivity index (χ1) is 8.27. The summed E-state index contributed by atoms with van der Waals surface area (Å²) in [5.74, 6) is 0. The molecule has 0 aliphatic rings. The van der Waals surface area contributed by atoms with Crippen molar-refractivity contribution in [3.8, 4) is 20.2 Å². The third kappa shape index (κ3) is 2.19. The molecule has 0 atom stereocenters. The van der Waals surface area contributed by atoms with Gasteiger partial charge in [0, 0.05) is 20.3 Å². The highest BCUT2D eigenvalue weighted by Crippen LogP contribution is 2.46. The van der Waals surface area contributed by atoms with E-state index in [1.165, 1.54) is 20.2 Å². The van der Waals surface area contributed by atoms with Gasteiger partial charge in [0.1, 0.15) is 0 Å². The summed E-state index contributed by atoms with van der Waals surface area (Å²) in [5.41, 5.74) is 1.33. The Morgan fingerprint density at radius 3 is 2.41 bits per heavy atom. The average molecular weight is 406 g/mol. The van der Waals surface area contributed by atoms with Crippen molar-refractivity contribution in [2.75, 3.05) is 0 Å². The molecule has 0 radical (unpaired) electrons. The Morgan fingerprint density at radius 2 is 1.76 bits per heavy atom. The van der Waals surface area contributed by atoms with Gasteiger partial charge in [-0.2, -0.15) is 0 Å². The predicted octanol–water partition coefficient (Wildman–Crippen LogP) is 6.73. The summed E-state index contributed by atoms with van der Waals surface area (Å²) in [6, 6.07) is 6.47. The fourth-order valence-corrected chi connectivity index (χ4v) is 5.81. The highest BCUT2D eigenvalue weighted by Gasteiger charge is 2.15. The Bertz CT molecular complexity index is 635. The molecule has 0 spiro atoms. The molecule has 0 saturated carbocycles. The van der Waals surface area contributed by atoms with Crippen LogP contribution in [0, 0.1) is 0 Å². The standard InChI is InChI=1S/C12H6Br2S3/c13-8-6-17-12(10(8)14)11-7(3-5-16-11)9-2-1-4-15-9/h1-6H. The van der Waals surface area contributed by atoms with Crippen LogP contribution in [-0.4, -0.2) is 0 Å². The van der Waals surface area contributed by atoms with E-state index >= 15 is 0 Å². The molecule has 3 aromatic rings. The van der Waals surface area contributed by atoms with Crippen LogP contribution in [-0.2, 0) is 0 Å². The van der Waals surface area contributed by atoms with Gasteiger partial charge in [0.2, 0.25) is 0 Å². The van der Waals surface area contributed by atoms with Gasteiger partial charge >= 0.3 is 0 Å². The number of hydrogen-bond donors (Lipinski definition) is 0. The second kappa shape index (κ2) is 4.97. The van der Waals surface area contributed by atoms with Crippen molar-refractivity contribution >= 4 is 65.9 Å². The van der Waals surface area contributed by atoms with Gasteiger partial charge in [-0.15, -0.1) is 34.0 Å². The average Bonchev–Trinajstić information content (AvgIpc) is 3.01. The lowest BCUT2D eigenvalue weighted by Crippen LogP contribution is -1.72. The first kappa shape index (κ1) is 12.1. The molecular weight excluding hydrogens is 400 g/mol. The molecule has 86 valence electrons. The van der Waals surface area contributed by atoms with E-state index in [1.54, 1.807) is 34.0 Å². The molecule has 0 unspecified atom stereocenters. The largest absolute Gasteiger partial charge is 0.144 e. The van der Waals surface area contributed by atoms with Crippen LogP contribution in [0.5, 0.6) is 0 Å². The molecule has 0 aliphatic heterocycles. The van der Waals surface area contributed by atoms with E-state index in [0.29, 0.717) is 0 Å². The van der Waals surface area contributed by atoms with Crippen LogP contribution < -0.4 is 0 Å². The monoisotopic (exact) mass is 404 g/mol. The summed E-state index contributed by atoms with van der Waals surface area (Å²) in [5, 5.41) is 6.40. The summed E-state index contributed by atoms with van der Waals surface area (Å²) < 4.78 is 2.28. The minimum atomic E-state index is 1.13. The smallest absolute Gasteiger partial charge is 0.0603 e. The van der Waals surface area contributed by atoms with E-state index in [1.807, 2.05) is 0 Å². The van der Waals surface area contributed by atoms with E-state index in [-0.39, 0.29) is 0 Å². The van der Waals surface area contributed by atoms with Crippen LogP contribution in [0.15, 0.2) is 43.3 Å². The summed E-state index contributed by atoms with van der Waals surface area (Å²) in [6.45, 7) is 0. The van der Waals surface area contributed by atoms with Crippen molar-refractivity contribution < 1.29 is 0 Å². The lowest BCUT2D eigenvalue weighted by atomic mass is 10.2. The molecule has 0 N–H and O–H groups in total. The lowest BCUT2D eigenvalue weighted by Gasteiger charge is -2.00. The SMILES string of the molecule is Brc1csc(-c2sccc2-c2cccs2)c1Br. The number of halogens is 2. The maximum Gasteiger partial charge on any atom is 0.0603 e. The molecule has 3 heterocycles. The topological polar surface area (TPSA) is 0 Å². The van der Waals surface area contributed by atoms with Crippen LogP contribution >= 0.6 is 65.9 Å². The van der Waals surface area contributed by atoms with Gasteiger partial charge in [0.05, 0.1) is 14.2 Å². The molecule has 0 bridgehead atoms. The van der Waals surface area contributed by atoms with Crippen molar-refractivity contribution in [1.82, 2.24) is 0 Å². The fraction of sp³-hybridized carbons (Fsp3) is 0. The van der Waals surface area contributed by atoms with E-state index < -0.39 is 0 Å². The second-order valence-corrected chi connectivity index (χ2v) is 7.76. The van der Waals surface area contributed by atoms with Crippen LogP contribution in [0.2, 0.25) is 0 Å². The zero-order chi connectivity index (χ0) is 11.8. The van der Waals surface area contributed by atoms with Crippen molar-refractivity contribution in [2.24, 2.45) is 0 Å². The quantitative estimate of drug-likeness (QED) is 0.443. The van der Waals surface area contributed by atoms with E-state index in [2.05, 4.69) is 66.2 Å². The van der Waals surface area contributed by atoms with Gasteiger partial charge in [-0.1, -0.05) is 6.07 Å². The molecule has 17 heavy (non-hydrogen) atoms. The first-order valence-electron chi connectivity index (χ1n) is 4.81. The minimum absolute atomic E-state index is 1.13. The maximum atomic E-state index is 3.64. The van der Waals surface area contributed by atoms with Gasteiger partial charge in [-0.25, -0.2) is 0 Å². The number of thiophene rings is 3. The summed E-state index contributed by atoms with van der Waals surface area (Å²) in [4.78, 5) is 3.97. The Hall–Kier alpha value is 0.0600. The number of hydrogen-bond acceptors (Lipinski definition) is 3. The molecule has 0 aliphatic carbocycles. The maximum absolute atomic E-state index is 3.64. The van der Waals surface area contributed by atoms with E-state index in [0.717, 1.165) is 8.95 Å². The van der Waals surface area contributed by atoms with Crippen molar-refractivity contribution in [1.29, 1.82) is 0 Å². The van der Waals surface area contributed by atoms with Crippen LogP contribution in [0.1, 0.15) is 0 Å². The van der Waals surface area contributed by atoms with Gasteiger partial charge < -0.3 is 0 Å². The third-order valence-electron chi connectivity index (χ3n) is 2.35. The van der Waals surface area contributed by atoms with E-state index in [4.69, 9.17) is 0 Å². The predicted molar refractivity (Wildman–Crippen MR) is 86.3 cm³/mol. The van der Waals surface area contributed by atoms with Crippen LogP contribution in [0.3, 0.4) is 0 Å². The molecule has 5 heteroatoms. The zero-order valence-electron chi connectivity index (χ0n) is 8.44. The lowest BCUT2D eigenvalue weighted by molar-refractivity contribution is 1.77. The zero-order valence-corrected chi connectivity index (χ0v) is 14.1. The Morgan fingerprint density at radius 1 is 0.882 bits per heavy atom. The van der Waals surface area contributed by atoms with Gasteiger partial charge in [0.25, 0.3) is 0 Å². The Kier molecular flexibility index (Phi) is 3.54. The third-order valence-corrected chi connectivity index (χ3v) is 7.86. The summed E-state index contributed by atoms with van der Waals surface area (Å²) in [6.07, 6.45) is 0. The second-order valence-electron chi connectivity index (χ2n) is 3.37. The molecule has 0 aromatic carbocycles. The Labute approximate surface area is 128 Å². The highest BCUT2D eigenvalue weighted by atomic mass is 79.9. The molecule has 3 aromatic heterocycles. The fourth-order valence-electron chi connectivity index (χ4n) is 1.59. The van der Waals surface area contributed by atoms with Crippen LogP contribution in [0.4, 0.5) is 0 Å². The van der Waals surface area contributed by atoms with Gasteiger partial charge in [-0.05, 0) is 54.8 Å². The normalized spacial score (nSPS) is 10.9.